The third kappa shape index (κ3) is 5.77. The maximum atomic E-state index is 12.8. The number of amides is 2. The van der Waals surface area contributed by atoms with E-state index in [0.29, 0.717) is 6.07 Å². The zero-order valence-electron chi connectivity index (χ0n) is 13.0. The average Bonchev–Trinajstić information content (AvgIpc) is 2.51. The van der Waals surface area contributed by atoms with Crippen molar-refractivity contribution in [3.63, 3.8) is 0 Å². The van der Waals surface area contributed by atoms with E-state index in [-0.39, 0.29) is 18.8 Å². The number of nitrogens with zero attached hydrogens (tertiary/aromatic N) is 2. The lowest BCUT2D eigenvalue weighted by Gasteiger charge is -2.16. The van der Waals surface area contributed by atoms with Gasteiger partial charge < -0.3 is 16.0 Å². The molecule has 25 heavy (non-hydrogen) atoms. The van der Waals surface area contributed by atoms with Crippen LogP contribution in [0.5, 0.6) is 0 Å². The van der Waals surface area contributed by atoms with E-state index in [2.05, 4.69) is 5.32 Å². The Morgan fingerprint density at radius 1 is 1.44 bits per heavy atom. The molecule has 134 valence electrons. The highest BCUT2D eigenvalue weighted by Gasteiger charge is 2.33. The molecule has 0 bridgehead atoms. The van der Waals surface area contributed by atoms with Gasteiger partial charge in [0.2, 0.25) is 5.91 Å². The van der Waals surface area contributed by atoms with Crippen molar-refractivity contribution in [1.82, 2.24) is 4.90 Å². The van der Waals surface area contributed by atoms with Crippen LogP contribution >= 0.6 is 11.6 Å². The average molecular weight is 375 g/mol. The van der Waals surface area contributed by atoms with Gasteiger partial charge in [-0.15, -0.1) is 0 Å². The molecule has 0 radical (unpaired) electrons. The molecule has 0 saturated heterocycles. The molecule has 0 atom stereocenters. The van der Waals surface area contributed by atoms with Crippen LogP contribution in [0.2, 0.25) is 5.02 Å². The topological polar surface area (TPSA) is 99.2 Å². The summed E-state index contributed by atoms with van der Waals surface area (Å²) in [7, 11) is 0. The Bertz CT molecular complexity index is 741. The fourth-order valence-electron chi connectivity index (χ4n) is 1.76. The summed E-state index contributed by atoms with van der Waals surface area (Å²) >= 11 is 5.49. The van der Waals surface area contributed by atoms with E-state index in [4.69, 9.17) is 22.6 Å². The molecule has 0 fully saturated rings. The largest absolute Gasteiger partial charge is 0.417 e. The number of anilines is 1. The number of carbonyl (C=O) groups is 2. The minimum atomic E-state index is -4.70. The molecule has 0 aliphatic heterocycles. The number of carbonyl (C=O) groups excluding carboxylic acids is 2. The second-order valence-corrected chi connectivity index (χ2v) is 5.21. The van der Waals surface area contributed by atoms with E-state index in [0.717, 1.165) is 23.2 Å². The summed E-state index contributed by atoms with van der Waals surface area (Å²) in [5.74, 6) is -1.42. The molecule has 0 aliphatic carbocycles. The molecule has 0 aliphatic rings. The number of rotatable bonds is 5. The summed E-state index contributed by atoms with van der Waals surface area (Å²) in [6.45, 7) is 1.39. The van der Waals surface area contributed by atoms with Gasteiger partial charge in [-0.1, -0.05) is 11.6 Å². The van der Waals surface area contributed by atoms with E-state index in [9.17, 15) is 22.8 Å². The summed E-state index contributed by atoms with van der Waals surface area (Å²) in [5, 5.41) is 10.7. The number of benzene rings is 1. The van der Waals surface area contributed by atoms with Crippen molar-refractivity contribution in [1.29, 1.82) is 5.26 Å². The van der Waals surface area contributed by atoms with Gasteiger partial charge in [0.05, 0.1) is 10.6 Å². The first-order valence-electron chi connectivity index (χ1n) is 6.87. The van der Waals surface area contributed by atoms with E-state index in [1.807, 2.05) is 0 Å². The lowest BCUT2D eigenvalue weighted by Crippen LogP contribution is -2.30. The Morgan fingerprint density at radius 3 is 2.56 bits per heavy atom. The minimum Gasteiger partial charge on any atom is -0.329 e. The molecule has 0 unspecified atom stereocenters. The molecule has 1 rings (SSSR count). The molecule has 2 amide bonds. The monoisotopic (exact) mass is 374 g/mol. The summed E-state index contributed by atoms with van der Waals surface area (Å²) in [4.78, 5) is 24.5. The predicted octanol–water partition coefficient (Wildman–Crippen LogP) is 2.51. The van der Waals surface area contributed by atoms with Crippen molar-refractivity contribution in [3.05, 3.63) is 40.6 Å². The fraction of sp³-hybridized carbons (Fsp3) is 0.267. The molecule has 0 heterocycles. The Kier molecular flexibility index (Phi) is 6.97. The van der Waals surface area contributed by atoms with Gasteiger partial charge in [0.1, 0.15) is 11.6 Å². The zero-order chi connectivity index (χ0) is 19.2. The highest BCUT2D eigenvalue weighted by Crippen LogP contribution is 2.36. The number of hydrogen-bond acceptors (Lipinski definition) is 4. The van der Waals surface area contributed by atoms with Gasteiger partial charge in [-0.3, -0.25) is 9.59 Å². The van der Waals surface area contributed by atoms with Crippen LogP contribution in [0.1, 0.15) is 12.5 Å². The quantitative estimate of drug-likeness (QED) is 0.611. The Hall–Kier alpha value is -2.57. The molecule has 1 aromatic rings. The first kappa shape index (κ1) is 20.5. The lowest BCUT2D eigenvalue weighted by molar-refractivity contribution is -0.137. The summed E-state index contributed by atoms with van der Waals surface area (Å²) < 4.78 is 38.5. The highest BCUT2D eigenvalue weighted by atomic mass is 35.5. The van der Waals surface area contributed by atoms with Gasteiger partial charge in [-0.2, -0.15) is 18.4 Å². The van der Waals surface area contributed by atoms with Crippen LogP contribution in [0.3, 0.4) is 0 Å². The molecule has 6 nitrogen and oxygen atoms in total. The van der Waals surface area contributed by atoms with Crippen LogP contribution in [-0.4, -0.2) is 29.8 Å². The van der Waals surface area contributed by atoms with Crippen LogP contribution < -0.4 is 11.1 Å². The molecule has 0 saturated carbocycles. The van der Waals surface area contributed by atoms with E-state index < -0.39 is 34.1 Å². The van der Waals surface area contributed by atoms with Crippen molar-refractivity contribution in [2.45, 2.75) is 13.1 Å². The summed E-state index contributed by atoms with van der Waals surface area (Å²) in [6.07, 6.45) is -3.70. The van der Waals surface area contributed by atoms with E-state index in [1.165, 1.54) is 6.92 Å². The van der Waals surface area contributed by atoms with Crippen LogP contribution in [0.25, 0.3) is 0 Å². The molecule has 0 spiro atoms. The minimum absolute atomic E-state index is 0.0763. The van der Waals surface area contributed by atoms with Crippen molar-refractivity contribution in [2.24, 2.45) is 5.73 Å². The smallest absolute Gasteiger partial charge is 0.329 e. The maximum Gasteiger partial charge on any atom is 0.417 e. The van der Waals surface area contributed by atoms with Gasteiger partial charge in [0, 0.05) is 31.9 Å². The number of halogens is 4. The highest BCUT2D eigenvalue weighted by molar-refractivity contribution is 6.31. The van der Waals surface area contributed by atoms with Gasteiger partial charge in [0.15, 0.2) is 0 Å². The maximum absolute atomic E-state index is 12.8. The molecule has 3 N–H and O–H groups in total. The molecular weight excluding hydrogens is 361 g/mol. The van der Waals surface area contributed by atoms with E-state index >= 15 is 0 Å². The van der Waals surface area contributed by atoms with Crippen LogP contribution in [0.4, 0.5) is 18.9 Å². The molecule has 0 aromatic heterocycles. The van der Waals surface area contributed by atoms with Gasteiger partial charge in [-0.25, -0.2) is 0 Å². The zero-order valence-corrected chi connectivity index (χ0v) is 13.8. The predicted molar refractivity (Wildman–Crippen MR) is 85.2 cm³/mol. The van der Waals surface area contributed by atoms with Crippen molar-refractivity contribution in [2.75, 3.05) is 18.4 Å². The summed E-state index contributed by atoms with van der Waals surface area (Å²) in [5.41, 5.74) is 3.54. The lowest BCUT2D eigenvalue weighted by atomic mass is 10.2. The number of alkyl halides is 3. The van der Waals surface area contributed by atoms with Crippen LogP contribution in [0.15, 0.2) is 30.0 Å². The first-order valence-corrected chi connectivity index (χ1v) is 7.25. The number of nitrogens with two attached hydrogens (primary N) is 1. The standard InChI is InChI=1S/C15H14ClF3N4O2/c1-9(24)23(5-4-20)8-10(7-21)14(25)22-11-2-3-13(16)12(6-11)15(17,18)19/h2-3,6,8H,4-5,20H2,1H3,(H,22,25)/b10-8-. The second kappa shape index (κ2) is 8.50. The third-order valence-corrected chi connectivity index (χ3v) is 3.28. The van der Waals surface area contributed by atoms with Gasteiger partial charge in [0.25, 0.3) is 5.91 Å². The van der Waals surface area contributed by atoms with Crippen LogP contribution in [0, 0.1) is 11.3 Å². The van der Waals surface area contributed by atoms with Crippen molar-refractivity contribution < 1.29 is 22.8 Å². The van der Waals surface area contributed by atoms with Gasteiger partial charge in [-0.05, 0) is 18.2 Å². The Labute approximate surface area is 146 Å². The third-order valence-electron chi connectivity index (χ3n) is 2.95. The molecule has 10 heteroatoms. The second-order valence-electron chi connectivity index (χ2n) is 4.80. The summed E-state index contributed by atoms with van der Waals surface area (Å²) in [6, 6.07) is 4.38. The number of nitriles is 1. The SMILES string of the molecule is CC(=O)N(/C=C(/C#N)C(=O)Nc1ccc(Cl)c(C(F)(F)F)c1)CCN. The van der Waals surface area contributed by atoms with Crippen LogP contribution in [-0.2, 0) is 15.8 Å². The van der Waals surface area contributed by atoms with Crippen molar-refractivity contribution >= 4 is 29.1 Å². The number of hydrogen-bond donors (Lipinski definition) is 2. The van der Waals surface area contributed by atoms with Crippen molar-refractivity contribution in [3.8, 4) is 6.07 Å². The number of nitrogens with one attached hydrogen (secondary N) is 1. The fourth-order valence-corrected chi connectivity index (χ4v) is 1.99. The van der Waals surface area contributed by atoms with Gasteiger partial charge >= 0.3 is 6.18 Å². The molecular formula is C15H14ClF3N4O2. The molecule has 1 aromatic carbocycles. The first-order chi connectivity index (χ1) is 11.6. The Morgan fingerprint density at radius 2 is 2.08 bits per heavy atom. The Balaban J connectivity index is 3.08. The normalized spacial score (nSPS) is 11.6. The van der Waals surface area contributed by atoms with E-state index in [1.54, 1.807) is 6.07 Å².